The van der Waals surface area contributed by atoms with Crippen molar-refractivity contribution < 1.29 is 19.5 Å². The molecular weight excluding hydrogens is 296 g/mol. The van der Waals surface area contributed by atoms with E-state index >= 15 is 0 Å². The predicted molar refractivity (Wildman–Crippen MR) is 87.0 cm³/mol. The molecule has 0 bridgehead atoms. The van der Waals surface area contributed by atoms with Crippen LogP contribution in [0.1, 0.15) is 48.9 Å². The third-order valence-corrected chi connectivity index (χ3v) is 3.31. The molecule has 6 nitrogen and oxygen atoms in total. The summed E-state index contributed by atoms with van der Waals surface area (Å²) in [5.74, 6) is -1.59. The fraction of sp³-hybridized carbons (Fsp3) is 0.471. The van der Waals surface area contributed by atoms with Crippen molar-refractivity contribution in [3.05, 3.63) is 34.9 Å². The van der Waals surface area contributed by atoms with Gasteiger partial charge in [-0.2, -0.15) is 0 Å². The number of carboxylic acids is 1. The molecule has 0 saturated heterocycles. The van der Waals surface area contributed by atoms with Crippen molar-refractivity contribution >= 4 is 17.8 Å². The second kappa shape index (κ2) is 8.92. The summed E-state index contributed by atoms with van der Waals surface area (Å²) in [4.78, 5) is 34.7. The van der Waals surface area contributed by atoms with Crippen LogP contribution in [-0.2, 0) is 14.4 Å². The lowest BCUT2D eigenvalue weighted by atomic mass is 10.0. The predicted octanol–water partition coefficient (Wildman–Crippen LogP) is 1.85. The van der Waals surface area contributed by atoms with Crippen molar-refractivity contribution in [2.24, 2.45) is 0 Å². The maximum Gasteiger partial charge on any atom is 0.330 e. The summed E-state index contributed by atoms with van der Waals surface area (Å²) < 4.78 is 0. The van der Waals surface area contributed by atoms with Crippen LogP contribution in [0.4, 0.5) is 0 Å². The Morgan fingerprint density at radius 1 is 1.04 bits per heavy atom. The summed E-state index contributed by atoms with van der Waals surface area (Å²) in [7, 11) is 0. The minimum absolute atomic E-state index is 0.107. The third kappa shape index (κ3) is 6.50. The Kier molecular flexibility index (Phi) is 7.25. The molecule has 2 amide bonds. The summed E-state index contributed by atoms with van der Waals surface area (Å²) in [5, 5.41) is 14.5. The molecule has 1 unspecified atom stereocenters. The van der Waals surface area contributed by atoms with Gasteiger partial charge in [0.2, 0.25) is 11.8 Å². The Balaban J connectivity index is 2.64. The number of nitrogens with one attached hydrogen (secondary N) is 2. The number of rotatable bonds is 8. The molecule has 0 radical (unpaired) electrons. The molecular formula is C17H24N2O4. The van der Waals surface area contributed by atoms with Gasteiger partial charge in [-0.3, -0.25) is 9.59 Å². The van der Waals surface area contributed by atoms with Gasteiger partial charge in [0.15, 0.2) is 6.04 Å². The van der Waals surface area contributed by atoms with Gasteiger partial charge in [0, 0.05) is 19.4 Å². The highest BCUT2D eigenvalue weighted by molar-refractivity contribution is 5.85. The number of hydrogen-bond acceptors (Lipinski definition) is 3. The van der Waals surface area contributed by atoms with Gasteiger partial charge in [-0.25, -0.2) is 4.79 Å². The van der Waals surface area contributed by atoms with Gasteiger partial charge in [-0.15, -0.1) is 0 Å². The summed E-state index contributed by atoms with van der Waals surface area (Å²) in [6, 6.07) is 4.36. The van der Waals surface area contributed by atoms with Gasteiger partial charge < -0.3 is 15.7 Å². The number of carboxylic acid groups (broad SMARTS) is 1. The van der Waals surface area contributed by atoms with E-state index in [1.54, 1.807) is 12.1 Å². The first-order valence-corrected chi connectivity index (χ1v) is 7.70. The normalized spacial score (nSPS) is 11.6. The standard InChI is InChI=1S/C17H24N2O4/c1-4-18-14(20)6-5-7-15(21)19-16(17(22)23)13-9-11(2)8-12(3)10-13/h8-10,16H,4-7H2,1-3H3,(H,18,20)(H,19,21)(H,22,23). The molecule has 0 aliphatic heterocycles. The van der Waals surface area contributed by atoms with E-state index in [1.807, 2.05) is 26.8 Å². The fourth-order valence-electron chi connectivity index (χ4n) is 2.39. The molecule has 3 N–H and O–H groups in total. The molecule has 1 aromatic carbocycles. The van der Waals surface area contributed by atoms with Crippen LogP contribution in [0.15, 0.2) is 18.2 Å². The second-order valence-electron chi connectivity index (χ2n) is 5.57. The first-order valence-electron chi connectivity index (χ1n) is 7.70. The van der Waals surface area contributed by atoms with Gasteiger partial charge in [0.05, 0.1) is 0 Å². The molecule has 1 atom stereocenters. The van der Waals surface area contributed by atoms with Gasteiger partial charge in [-0.1, -0.05) is 29.3 Å². The van der Waals surface area contributed by atoms with Gasteiger partial charge in [-0.05, 0) is 32.8 Å². The zero-order valence-electron chi connectivity index (χ0n) is 13.8. The van der Waals surface area contributed by atoms with Crippen molar-refractivity contribution in [3.63, 3.8) is 0 Å². The fourth-order valence-corrected chi connectivity index (χ4v) is 2.39. The molecule has 0 fully saturated rings. The van der Waals surface area contributed by atoms with Crippen LogP contribution < -0.4 is 10.6 Å². The van der Waals surface area contributed by atoms with E-state index in [1.165, 1.54) is 0 Å². The van der Waals surface area contributed by atoms with Crippen LogP contribution in [-0.4, -0.2) is 29.4 Å². The highest BCUT2D eigenvalue weighted by Crippen LogP contribution is 2.18. The average molecular weight is 320 g/mol. The first-order chi connectivity index (χ1) is 10.8. The van der Waals surface area contributed by atoms with Crippen LogP contribution in [0.5, 0.6) is 0 Å². The van der Waals surface area contributed by atoms with Crippen molar-refractivity contribution in [2.75, 3.05) is 6.54 Å². The van der Waals surface area contributed by atoms with E-state index in [4.69, 9.17) is 0 Å². The molecule has 1 rings (SSSR count). The van der Waals surface area contributed by atoms with Crippen molar-refractivity contribution in [3.8, 4) is 0 Å². The second-order valence-corrected chi connectivity index (χ2v) is 5.57. The lowest BCUT2D eigenvalue weighted by Gasteiger charge is -2.16. The minimum Gasteiger partial charge on any atom is -0.479 e. The highest BCUT2D eigenvalue weighted by atomic mass is 16.4. The van der Waals surface area contributed by atoms with E-state index < -0.39 is 12.0 Å². The van der Waals surface area contributed by atoms with E-state index in [0.717, 1.165) is 11.1 Å². The lowest BCUT2D eigenvalue weighted by molar-refractivity contribution is -0.142. The van der Waals surface area contributed by atoms with Crippen LogP contribution in [0.3, 0.4) is 0 Å². The van der Waals surface area contributed by atoms with Crippen molar-refractivity contribution in [1.82, 2.24) is 10.6 Å². The molecule has 0 heterocycles. The van der Waals surface area contributed by atoms with E-state index in [-0.39, 0.29) is 24.7 Å². The third-order valence-electron chi connectivity index (χ3n) is 3.31. The first kappa shape index (κ1) is 18.7. The van der Waals surface area contributed by atoms with Crippen molar-refractivity contribution in [1.29, 1.82) is 0 Å². The van der Waals surface area contributed by atoms with E-state index in [9.17, 15) is 19.5 Å². The Hall–Kier alpha value is -2.37. The monoisotopic (exact) mass is 320 g/mol. The summed E-state index contributed by atoms with van der Waals surface area (Å²) in [6.45, 7) is 6.14. The van der Waals surface area contributed by atoms with E-state index in [2.05, 4.69) is 10.6 Å². The number of carbonyl (C=O) groups is 3. The lowest BCUT2D eigenvalue weighted by Crippen LogP contribution is -2.34. The SMILES string of the molecule is CCNC(=O)CCCC(=O)NC(C(=O)O)c1cc(C)cc(C)c1. The maximum absolute atomic E-state index is 11.9. The molecule has 126 valence electrons. The van der Waals surface area contributed by atoms with E-state index in [0.29, 0.717) is 18.5 Å². The smallest absolute Gasteiger partial charge is 0.330 e. The van der Waals surface area contributed by atoms with Gasteiger partial charge in [0.1, 0.15) is 0 Å². The number of aryl methyl sites for hydroxylation is 2. The largest absolute Gasteiger partial charge is 0.479 e. The average Bonchev–Trinajstić information content (AvgIpc) is 2.43. The quantitative estimate of drug-likeness (QED) is 0.681. The summed E-state index contributed by atoms with van der Waals surface area (Å²) in [6.07, 6.45) is 0.755. The summed E-state index contributed by atoms with van der Waals surface area (Å²) >= 11 is 0. The van der Waals surface area contributed by atoms with Gasteiger partial charge >= 0.3 is 5.97 Å². The number of amides is 2. The van der Waals surface area contributed by atoms with Crippen molar-refractivity contribution in [2.45, 2.75) is 46.1 Å². The number of carbonyl (C=O) groups excluding carboxylic acids is 2. The molecule has 0 saturated carbocycles. The minimum atomic E-state index is -1.10. The van der Waals surface area contributed by atoms with Crippen LogP contribution in [0.2, 0.25) is 0 Å². The molecule has 6 heteroatoms. The highest BCUT2D eigenvalue weighted by Gasteiger charge is 2.22. The molecule has 23 heavy (non-hydrogen) atoms. The summed E-state index contributed by atoms with van der Waals surface area (Å²) in [5.41, 5.74) is 2.43. The Bertz CT molecular complexity index is 564. The molecule has 1 aromatic rings. The molecule has 0 spiro atoms. The number of hydrogen-bond donors (Lipinski definition) is 3. The van der Waals surface area contributed by atoms with Gasteiger partial charge in [0.25, 0.3) is 0 Å². The molecule has 0 aliphatic rings. The molecule has 0 aromatic heterocycles. The number of benzene rings is 1. The zero-order valence-corrected chi connectivity index (χ0v) is 13.8. The molecule has 0 aliphatic carbocycles. The Morgan fingerprint density at radius 2 is 1.61 bits per heavy atom. The van der Waals surface area contributed by atoms with Crippen LogP contribution in [0.25, 0.3) is 0 Å². The zero-order chi connectivity index (χ0) is 17.4. The van der Waals surface area contributed by atoms with Crippen LogP contribution in [0, 0.1) is 13.8 Å². The Labute approximate surface area is 136 Å². The van der Waals surface area contributed by atoms with Crippen LogP contribution >= 0.6 is 0 Å². The Morgan fingerprint density at radius 3 is 2.13 bits per heavy atom. The number of aliphatic carboxylic acids is 1. The maximum atomic E-state index is 11.9. The topological polar surface area (TPSA) is 95.5 Å².